The van der Waals surface area contributed by atoms with Gasteiger partial charge in [0.15, 0.2) is 11.5 Å². The Balaban J connectivity index is 1.68. The maximum Gasteiger partial charge on any atom is 0.203 e. The molecule has 0 amide bonds. The van der Waals surface area contributed by atoms with E-state index in [1.54, 1.807) is 39.0 Å². The van der Waals surface area contributed by atoms with E-state index < -0.39 is 0 Å². The molecule has 0 atom stereocenters. The van der Waals surface area contributed by atoms with E-state index in [0.29, 0.717) is 23.8 Å². The van der Waals surface area contributed by atoms with Crippen molar-refractivity contribution in [2.75, 3.05) is 26.6 Å². The number of benzene rings is 2. The van der Waals surface area contributed by atoms with Crippen LogP contribution < -0.4 is 19.5 Å². The first-order valence-electron chi connectivity index (χ1n) is 9.48. The van der Waals surface area contributed by atoms with Crippen LogP contribution >= 0.6 is 11.3 Å². The standard InChI is InChI=1S/C23H23N3O3S/c1-14-19-22(24-12-15-10-17(27-2)20(29-4)18(11-15)28-3)25-13-26-23(19)30-21(14)16-8-6-5-7-9-16/h5-11,13H,12H2,1-4H3,(H,24,25,26). The minimum Gasteiger partial charge on any atom is -0.493 e. The van der Waals surface area contributed by atoms with Crippen molar-refractivity contribution < 1.29 is 14.2 Å². The van der Waals surface area contributed by atoms with Crippen LogP contribution in [0.25, 0.3) is 20.7 Å². The number of nitrogens with one attached hydrogen (secondary N) is 1. The summed E-state index contributed by atoms with van der Waals surface area (Å²) in [4.78, 5) is 11.2. The molecular formula is C23H23N3O3S. The Morgan fingerprint density at radius 3 is 2.27 bits per heavy atom. The average molecular weight is 422 g/mol. The number of hydrogen-bond acceptors (Lipinski definition) is 7. The van der Waals surface area contributed by atoms with E-state index in [0.717, 1.165) is 21.6 Å². The van der Waals surface area contributed by atoms with E-state index in [1.165, 1.54) is 16.0 Å². The summed E-state index contributed by atoms with van der Waals surface area (Å²) in [6, 6.07) is 14.2. The van der Waals surface area contributed by atoms with Crippen LogP contribution in [0.15, 0.2) is 48.8 Å². The monoisotopic (exact) mass is 421 g/mol. The lowest BCUT2D eigenvalue weighted by Gasteiger charge is -2.15. The van der Waals surface area contributed by atoms with Gasteiger partial charge in [-0.2, -0.15) is 0 Å². The van der Waals surface area contributed by atoms with Gasteiger partial charge in [0.2, 0.25) is 5.75 Å². The van der Waals surface area contributed by atoms with Crippen molar-refractivity contribution in [3.8, 4) is 27.7 Å². The molecular weight excluding hydrogens is 398 g/mol. The number of anilines is 1. The van der Waals surface area contributed by atoms with Crippen LogP contribution in [0.5, 0.6) is 17.2 Å². The molecule has 0 saturated carbocycles. The molecule has 7 heteroatoms. The fraction of sp³-hybridized carbons (Fsp3) is 0.217. The third-order valence-corrected chi connectivity index (χ3v) is 6.20. The lowest BCUT2D eigenvalue weighted by atomic mass is 10.1. The van der Waals surface area contributed by atoms with Gasteiger partial charge in [-0.1, -0.05) is 30.3 Å². The fourth-order valence-corrected chi connectivity index (χ4v) is 4.65. The van der Waals surface area contributed by atoms with Gasteiger partial charge in [0, 0.05) is 11.4 Å². The topological polar surface area (TPSA) is 65.5 Å². The zero-order valence-corrected chi connectivity index (χ0v) is 18.2. The van der Waals surface area contributed by atoms with Gasteiger partial charge in [-0.25, -0.2) is 9.97 Å². The highest BCUT2D eigenvalue weighted by Crippen LogP contribution is 2.40. The number of rotatable bonds is 7. The van der Waals surface area contributed by atoms with E-state index in [1.807, 2.05) is 18.2 Å². The molecule has 0 bridgehead atoms. The lowest BCUT2D eigenvalue weighted by molar-refractivity contribution is 0.324. The first kappa shape index (κ1) is 20.0. The molecule has 4 rings (SSSR count). The van der Waals surface area contributed by atoms with E-state index in [9.17, 15) is 0 Å². The predicted molar refractivity (Wildman–Crippen MR) is 121 cm³/mol. The van der Waals surface area contributed by atoms with Gasteiger partial charge in [-0.05, 0) is 35.7 Å². The molecule has 2 aromatic heterocycles. The van der Waals surface area contributed by atoms with Gasteiger partial charge in [0.1, 0.15) is 17.0 Å². The molecule has 0 radical (unpaired) electrons. The van der Waals surface area contributed by atoms with Crippen LogP contribution in [0.1, 0.15) is 11.1 Å². The molecule has 0 unspecified atom stereocenters. The average Bonchev–Trinajstić information content (AvgIpc) is 3.14. The number of hydrogen-bond donors (Lipinski definition) is 1. The van der Waals surface area contributed by atoms with Gasteiger partial charge in [-0.15, -0.1) is 11.3 Å². The SMILES string of the molecule is COc1cc(CNc2ncnc3sc(-c4ccccc4)c(C)c23)cc(OC)c1OC. The fourth-order valence-electron chi connectivity index (χ4n) is 3.49. The summed E-state index contributed by atoms with van der Waals surface area (Å²) in [6.07, 6.45) is 1.60. The highest BCUT2D eigenvalue weighted by Gasteiger charge is 2.17. The second-order valence-electron chi connectivity index (χ2n) is 6.71. The van der Waals surface area contributed by atoms with Crippen LogP contribution in [0.3, 0.4) is 0 Å². The smallest absolute Gasteiger partial charge is 0.203 e. The second-order valence-corrected chi connectivity index (χ2v) is 7.71. The van der Waals surface area contributed by atoms with Crippen LogP contribution in [0.4, 0.5) is 5.82 Å². The Hall–Kier alpha value is -3.32. The Kier molecular flexibility index (Phi) is 5.72. The van der Waals surface area contributed by atoms with Gasteiger partial charge < -0.3 is 19.5 Å². The van der Waals surface area contributed by atoms with E-state index in [2.05, 4.69) is 46.5 Å². The van der Waals surface area contributed by atoms with Crippen molar-refractivity contribution in [1.82, 2.24) is 9.97 Å². The highest BCUT2D eigenvalue weighted by atomic mass is 32.1. The number of aromatic nitrogens is 2. The molecule has 2 aromatic carbocycles. The van der Waals surface area contributed by atoms with Crippen molar-refractivity contribution in [3.63, 3.8) is 0 Å². The summed E-state index contributed by atoms with van der Waals surface area (Å²) < 4.78 is 16.3. The quantitative estimate of drug-likeness (QED) is 0.437. The minimum absolute atomic E-state index is 0.554. The zero-order valence-electron chi connectivity index (χ0n) is 17.4. The van der Waals surface area contributed by atoms with Gasteiger partial charge in [0.05, 0.1) is 26.7 Å². The maximum atomic E-state index is 5.46. The Morgan fingerprint density at radius 2 is 1.63 bits per heavy atom. The van der Waals surface area contributed by atoms with Crippen LogP contribution in [0, 0.1) is 6.92 Å². The molecule has 0 spiro atoms. The van der Waals surface area contributed by atoms with Crippen LogP contribution in [-0.2, 0) is 6.54 Å². The third-order valence-electron chi connectivity index (χ3n) is 4.95. The summed E-state index contributed by atoms with van der Waals surface area (Å²) in [7, 11) is 4.82. The van der Waals surface area contributed by atoms with Crippen molar-refractivity contribution >= 4 is 27.4 Å². The number of fused-ring (bicyclic) bond motifs is 1. The Bertz CT molecular complexity index is 1150. The Labute approximate surface area is 179 Å². The number of thiophene rings is 1. The van der Waals surface area contributed by atoms with Crippen molar-refractivity contribution in [1.29, 1.82) is 0 Å². The molecule has 4 aromatic rings. The highest BCUT2D eigenvalue weighted by molar-refractivity contribution is 7.22. The van der Waals surface area contributed by atoms with Crippen LogP contribution in [0.2, 0.25) is 0 Å². The lowest BCUT2D eigenvalue weighted by Crippen LogP contribution is -2.04. The Morgan fingerprint density at radius 1 is 0.933 bits per heavy atom. The molecule has 0 fully saturated rings. The van der Waals surface area contributed by atoms with Gasteiger partial charge in [0.25, 0.3) is 0 Å². The molecule has 30 heavy (non-hydrogen) atoms. The summed E-state index contributed by atoms with van der Waals surface area (Å²) in [5.41, 5.74) is 3.36. The minimum atomic E-state index is 0.554. The second kappa shape index (κ2) is 8.59. The zero-order chi connectivity index (χ0) is 21.1. The number of ether oxygens (including phenoxy) is 3. The van der Waals surface area contributed by atoms with Crippen molar-refractivity contribution in [2.45, 2.75) is 13.5 Å². The van der Waals surface area contributed by atoms with E-state index in [4.69, 9.17) is 14.2 Å². The molecule has 154 valence electrons. The van der Waals surface area contributed by atoms with E-state index >= 15 is 0 Å². The summed E-state index contributed by atoms with van der Waals surface area (Å²) in [6.45, 7) is 2.67. The molecule has 0 aliphatic heterocycles. The molecule has 1 N–H and O–H groups in total. The predicted octanol–water partition coefficient (Wildman–Crippen LogP) is 5.30. The molecule has 0 aliphatic carbocycles. The summed E-state index contributed by atoms with van der Waals surface area (Å²) in [5.74, 6) is 2.64. The summed E-state index contributed by atoms with van der Waals surface area (Å²) in [5, 5.41) is 4.50. The molecule has 6 nitrogen and oxygen atoms in total. The number of aryl methyl sites for hydroxylation is 1. The number of nitrogens with zero attached hydrogens (tertiary/aromatic N) is 2. The first-order valence-corrected chi connectivity index (χ1v) is 10.3. The number of methoxy groups -OCH3 is 3. The van der Waals surface area contributed by atoms with E-state index in [-0.39, 0.29) is 0 Å². The van der Waals surface area contributed by atoms with Crippen molar-refractivity contribution in [3.05, 3.63) is 59.9 Å². The van der Waals surface area contributed by atoms with Gasteiger partial charge in [-0.3, -0.25) is 0 Å². The molecule has 0 aliphatic rings. The van der Waals surface area contributed by atoms with Crippen LogP contribution in [-0.4, -0.2) is 31.3 Å². The normalized spacial score (nSPS) is 10.8. The van der Waals surface area contributed by atoms with Crippen molar-refractivity contribution in [2.24, 2.45) is 0 Å². The molecule has 0 saturated heterocycles. The largest absolute Gasteiger partial charge is 0.493 e. The maximum absolute atomic E-state index is 5.46. The third kappa shape index (κ3) is 3.64. The molecule has 2 heterocycles. The summed E-state index contributed by atoms with van der Waals surface area (Å²) >= 11 is 1.68. The van der Waals surface area contributed by atoms with Gasteiger partial charge >= 0.3 is 0 Å². The first-order chi connectivity index (χ1) is 14.7.